The molecule has 2 N–H and O–H groups in total. The van der Waals surface area contributed by atoms with E-state index in [0.29, 0.717) is 19.0 Å². The maximum absolute atomic E-state index is 14.1. The quantitative estimate of drug-likeness (QED) is 0.221. The zero-order valence-corrected chi connectivity index (χ0v) is 26.3. The Labute approximate surface area is 251 Å². The van der Waals surface area contributed by atoms with Gasteiger partial charge in [-0.25, -0.2) is 0 Å². The van der Waals surface area contributed by atoms with Crippen molar-refractivity contribution in [1.29, 1.82) is 0 Å². The molecule has 0 unspecified atom stereocenters. The molecule has 0 saturated carbocycles. The summed E-state index contributed by atoms with van der Waals surface area (Å²) in [5.41, 5.74) is 6.63. The molecule has 2 saturated heterocycles. The standard InChI is InChI=1S/C34H50N4O4/c1-6-26(18-25(5)36-23-39)24(4)21-35-34(40)33-29(7-2)31(38(8-3)27-12-16-41-17-13-27)20-32-30(33)19-28(42-32)22-37-14-10-9-11-15-37/h18-20,23,27H,6-17,21-22H2,1-5H3,(H,35,40)(H,36,39)/b25-18-,26-24+. The van der Waals surface area contributed by atoms with Gasteiger partial charge < -0.3 is 24.7 Å². The molecule has 2 amide bonds. The van der Waals surface area contributed by atoms with Crippen molar-refractivity contribution in [3.05, 3.63) is 51.9 Å². The summed E-state index contributed by atoms with van der Waals surface area (Å²) >= 11 is 0. The van der Waals surface area contributed by atoms with Crippen LogP contribution in [0, 0.1) is 0 Å². The van der Waals surface area contributed by atoms with Gasteiger partial charge in [0.25, 0.3) is 5.91 Å². The lowest BCUT2D eigenvalue weighted by Crippen LogP contribution is -2.40. The molecule has 2 aliphatic heterocycles. The second-order valence-electron chi connectivity index (χ2n) is 11.6. The summed E-state index contributed by atoms with van der Waals surface area (Å²) in [5, 5.41) is 6.83. The Morgan fingerprint density at radius 3 is 2.48 bits per heavy atom. The molecule has 230 valence electrons. The topological polar surface area (TPSA) is 87.0 Å². The maximum atomic E-state index is 14.1. The molecule has 8 nitrogen and oxygen atoms in total. The molecule has 0 radical (unpaired) electrons. The first kappa shape index (κ1) is 31.8. The van der Waals surface area contributed by atoms with Gasteiger partial charge in [0.15, 0.2) is 0 Å². The first-order chi connectivity index (χ1) is 20.4. The zero-order chi connectivity index (χ0) is 30.1. The number of anilines is 1. The highest BCUT2D eigenvalue weighted by Gasteiger charge is 2.28. The Hall–Kier alpha value is -3.10. The monoisotopic (exact) mass is 578 g/mol. The summed E-state index contributed by atoms with van der Waals surface area (Å²) in [6.45, 7) is 16.1. The molecule has 0 spiro atoms. The van der Waals surface area contributed by atoms with Gasteiger partial charge in [0.2, 0.25) is 6.41 Å². The number of fused-ring (bicyclic) bond motifs is 1. The molecular weight excluding hydrogens is 528 g/mol. The van der Waals surface area contributed by atoms with Gasteiger partial charge in [0.05, 0.1) is 12.1 Å². The van der Waals surface area contributed by atoms with Gasteiger partial charge >= 0.3 is 0 Å². The van der Waals surface area contributed by atoms with Gasteiger partial charge in [-0.3, -0.25) is 14.5 Å². The zero-order valence-electron chi connectivity index (χ0n) is 26.3. The van der Waals surface area contributed by atoms with E-state index in [1.807, 2.05) is 19.9 Å². The Bertz CT molecular complexity index is 1280. The number of nitrogens with zero attached hydrogens (tertiary/aromatic N) is 2. The summed E-state index contributed by atoms with van der Waals surface area (Å²) in [5.74, 6) is 0.843. The lowest BCUT2D eigenvalue weighted by atomic mass is 9.95. The summed E-state index contributed by atoms with van der Waals surface area (Å²) in [6, 6.07) is 4.65. The third-order valence-electron chi connectivity index (χ3n) is 8.77. The number of piperidine rings is 1. The van der Waals surface area contributed by atoms with Crippen LogP contribution in [-0.4, -0.2) is 62.7 Å². The fraction of sp³-hybridized carbons (Fsp3) is 0.588. The lowest BCUT2D eigenvalue weighted by molar-refractivity contribution is -0.108. The molecular formula is C34H50N4O4. The van der Waals surface area contributed by atoms with E-state index in [-0.39, 0.29) is 5.91 Å². The second kappa shape index (κ2) is 15.4. The third-order valence-corrected chi connectivity index (χ3v) is 8.77. The van der Waals surface area contributed by atoms with Crippen molar-refractivity contribution in [3.63, 3.8) is 0 Å². The molecule has 42 heavy (non-hydrogen) atoms. The molecule has 0 aliphatic carbocycles. The molecule has 1 aromatic carbocycles. The predicted octanol–water partition coefficient (Wildman–Crippen LogP) is 6.09. The molecule has 0 atom stereocenters. The number of rotatable bonds is 13. The minimum atomic E-state index is -0.0754. The molecule has 3 heterocycles. The van der Waals surface area contributed by atoms with E-state index in [1.165, 1.54) is 19.3 Å². The van der Waals surface area contributed by atoms with Crippen LogP contribution in [-0.2, 0) is 22.5 Å². The van der Waals surface area contributed by atoms with Gasteiger partial charge in [0.1, 0.15) is 11.3 Å². The lowest BCUT2D eigenvalue weighted by Gasteiger charge is -2.37. The van der Waals surface area contributed by atoms with Crippen LogP contribution in [0.2, 0.25) is 0 Å². The molecule has 1 aromatic heterocycles. The summed E-state index contributed by atoms with van der Waals surface area (Å²) in [7, 11) is 0. The second-order valence-corrected chi connectivity index (χ2v) is 11.6. The fourth-order valence-electron chi connectivity index (χ4n) is 6.51. The van der Waals surface area contributed by atoms with Crippen molar-refractivity contribution in [2.24, 2.45) is 0 Å². The third kappa shape index (κ3) is 7.64. The van der Waals surface area contributed by atoms with Crippen LogP contribution in [0.25, 0.3) is 11.0 Å². The number of likely N-dealkylation sites (tertiary alicyclic amines) is 1. The Morgan fingerprint density at radius 1 is 1.10 bits per heavy atom. The number of ether oxygens (including phenoxy) is 1. The number of carbonyl (C=O) groups is 2. The largest absolute Gasteiger partial charge is 0.460 e. The average molecular weight is 579 g/mol. The van der Waals surface area contributed by atoms with E-state index in [4.69, 9.17) is 9.15 Å². The number of hydrogen-bond donors (Lipinski definition) is 2. The molecule has 0 bridgehead atoms. The predicted molar refractivity (Wildman–Crippen MR) is 170 cm³/mol. The Balaban J connectivity index is 1.73. The van der Waals surface area contributed by atoms with E-state index in [1.54, 1.807) is 0 Å². The van der Waals surface area contributed by atoms with Crippen LogP contribution in [0.1, 0.15) is 94.8 Å². The van der Waals surface area contributed by atoms with Gasteiger partial charge in [-0.2, -0.15) is 0 Å². The highest BCUT2D eigenvalue weighted by molar-refractivity contribution is 6.09. The van der Waals surface area contributed by atoms with Gasteiger partial charge in [0, 0.05) is 55.2 Å². The van der Waals surface area contributed by atoms with Crippen molar-refractivity contribution in [2.45, 2.75) is 92.2 Å². The van der Waals surface area contributed by atoms with Crippen molar-refractivity contribution < 1.29 is 18.7 Å². The summed E-state index contributed by atoms with van der Waals surface area (Å²) < 4.78 is 12.2. The molecule has 8 heteroatoms. The Morgan fingerprint density at radius 2 is 1.83 bits per heavy atom. The van der Waals surface area contributed by atoms with Crippen LogP contribution in [0.15, 0.2) is 39.5 Å². The number of nitrogens with one attached hydrogen (secondary N) is 2. The maximum Gasteiger partial charge on any atom is 0.252 e. The number of furan rings is 1. The van der Waals surface area contributed by atoms with Gasteiger partial charge in [-0.05, 0) is 95.7 Å². The molecule has 4 rings (SSSR count). The molecule has 2 fully saturated rings. The van der Waals surface area contributed by atoms with E-state index in [0.717, 1.165) is 115 Å². The summed E-state index contributed by atoms with van der Waals surface area (Å²) in [4.78, 5) is 29.9. The van der Waals surface area contributed by atoms with Crippen molar-refractivity contribution >= 4 is 29.0 Å². The van der Waals surface area contributed by atoms with E-state index in [9.17, 15) is 9.59 Å². The minimum Gasteiger partial charge on any atom is -0.460 e. The number of carbonyl (C=O) groups excluding carboxylic acids is 2. The molecule has 2 aliphatic rings. The van der Waals surface area contributed by atoms with Crippen LogP contribution in [0.5, 0.6) is 0 Å². The van der Waals surface area contributed by atoms with E-state index in [2.05, 4.69) is 53.3 Å². The smallest absolute Gasteiger partial charge is 0.252 e. The number of benzene rings is 1. The molecule has 2 aromatic rings. The first-order valence-electron chi connectivity index (χ1n) is 15.9. The number of hydrogen-bond acceptors (Lipinski definition) is 6. The van der Waals surface area contributed by atoms with Crippen LogP contribution in [0.3, 0.4) is 0 Å². The normalized spacial score (nSPS) is 17.7. The summed E-state index contributed by atoms with van der Waals surface area (Å²) in [6.07, 6.45) is 9.90. The van der Waals surface area contributed by atoms with Crippen molar-refractivity contribution in [1.82, 2.24) is 15.5 Å². The van der Waals surface area contributed by atoms with Gasteiger partial charge in [-0.15, -0.1) is 0 Å². The highest BCUT2D eigenvalue weighted by atomic mass is 16.5. The van der Waals surface area contributed by atoms with E-state index >= 15 is 0 Å². The Kier molecular flexibility index (Phi) is 11.7. The minimum absolute atomic E-state index is 0.0754. The number of amides is 2. The first-order valence-corrected chi connectivity index (χ1v) is 15.9. The van der Waals surface area contributed by atoms with Crippen molar-refractivity contribution in [2.75, 3.05) is 44.3 Å². The SMILES string of the molecule is CCC(/C=C(/C)NC=O)=C(/C)CNC(=O)c1c(CC)c(N(CC)C2CCOCC2)cc2oc(CN3CCCCC3)cc12. The highest BCUT2D eigenvalue weighted by Crippen LogP contribution is 2.37. The van der Waals surface area contributed by atoms with Gasteiger partial charge in [-0.1, -0.05) is 25.8 Å². The van der Waals surface area contributed by atoms with Crippen molar-refractivity contribution in [3.8, 4) is 0 Å². The van der Waals surface area contributed by atoms with Crippen LogP contribution < -0.4 is 15.5 Å². The average Bonchev–Trinajstić information content (AvgIpc) is 3.41. The van der Waals surface area contributed by atoms with Crippen LogP contribution >= 0.6 is 0 Å². The number of allylic oxidation sites excluding steroid dienone is 3. The van der Waals surface area contributed by atoms with Crippen LogP contribution in [0.4, 0.5) is 5.69 Å². The fourth-order valence-corrected chi connectivity index (χ4v) is 6.51. The van der Waals surface area contributed by atoms with E-state index < -0.39 is 0 Å².